The van der Waals surface area contributed by atoms with Gasteiger partial charge in [-0.05, 0) is 6.42 Å². The molecule has 0 fully saturated rings. The van der Waals surface area contributed by atoms with Crippen LogP contribution in [-0.2, 0) is 4.31 Å². The van der Waals surface area contributed by atoms with E-state index in [9.17, 15) is 5.11 Å². The quantitative estimate of drug-likeness (QED) is 0.244. The summed E-state index contributed by atoms with van der Waals surface area (Å²) in [7, 11) is -5.22. The number of hydrogen-bond donors (Lipinski definition) is 8. The second-order valence-electron chi connectivity index (χ2n) is 4.08. The van der Waals surface area contributed by atoms with Crippen LogP contribution in [0.4, 0.5) is 0 Å². The molecule has 0 spiro atoms. The standard InChI is InChI=1S/C9H20O4.H4O5P2/c1-2-3-4-8(13)9(5-10,6-11)7-12;1-6(2)5-7(3)4/h8,10-13H,2-7H2,1H3;1-4H. The molecular formula is C9H24O9P2. The molecule has 0 saturated carbocycles. The third-order valence-electron chi connectivity index (χ3n) is 2.63. The van der Waals surface area contributed by atoms with E-state index >= 15 is 0 Å². The van der Waals surface area contributed by atoms with Gasteiger partial charge in [0.1, 0.15) is 0 Å². The van der Waals surface area contributed by atoms with Crippen molar-refractivity contribution in [2.45, 2.75) is 32.3 Å². The molecule has 0 aromatic carbocycles. The van der Waals surface area contributed by atoms with Crippen molar-refractivity contribution in [3.8, 4) is 0 Å². The fourth-order valence-corrected chi connectivity index (χ4v) is 1.76. The molecular weight excluding hydrogens is 314 g/mol. The van der Waals surface area contributed by atoms with E-state index in [1.165, 1.54) is 0 Å². The predicted octanol–water partition coefficient (Wildman–Crippen LogP) is -1.07. The van der Waals surface area contributed by atoms with Crippen LogP contribution >= 0.6 is 17.2 Å². The highest BCUT2D eigenvalue weighted by Gasteiger charge is 2.35. The monoisotopic (exact) mass is 338 g/mol. The van der Waals surface area contributed by atoms with Gasteiger partial charge >= 0.3 is 17.2 Å². The average Bonchev–Trinajstić information content (AvgIpc) is 2.38. The SMILES string of the molecule is CCCCC(O)C(CO)(CO)CO.OP(O)OP(O)O. The zero-order valence-corrected chi connectivity index (χ0v) is 13.0. The number of aliphatic hydroxyl groups excluding tert-OH is 4. The lowest BCUT2D eigenvalue weighted by Gasteiger charge is -2.32. The minimum absolute atomic E-state index is 0.398. The Labute approximate surface area is 120 Å². The second-order valence-corrected chi connectivity index (χ2v) is 5.75. The Bertz CT molecular complexity index is 199. The van der Waals surface area contributed by atoms with Crippen molar-refractivity contribution in [3.63, 3.8) is 0 Å². The summed E-state index contributed by atoms with van der Waals surface area (Å²) in [4.78, 5) is 31.3. The van der Waals surface area contributed by atoms with Crippen LogP contribution in [0, 0.1) is 5.41 Å². The van der Waals surface area contributed by atoms with Gasteiger partial charge in [0.05, 0.1) is 31.3 Å². The van der Waals surface area contributed by atoms with Gasteiger partial charge in [-0.1, -0.05) is 19.8 Å². The van der Waals surface area contributed by atoms with Gasteiger partial charge in [-0.3, -0.25) is 0 Å². The zero-order valence-electron chi connectivity index (χ0n) is 11.2. The summed E-state index contributed by atoms with van der Waals surface area (Å²) in [5.41, 5.74) is -1.14. The summed E-state index contributed by atoms with van der Waals surface area (Å²) in [6, 6.07) is 0. The van der Waals surface area contributed by atoms with Gasteiger partial charge in [0.2, 0.25) is 0 Å². The lowest BCUT2D eigenvalue weighted by molar-refractivity contribution is -0.0862. The predicted molar refractivity (Wildman–Crippen MR) is 73.0 cm³/mol. The molecule has 0 bridgehead atoms. The molecule has 124 valence electrons. The molecule has 0 rings (SSSR count). The fraction of sp³-hybridized carbons (Fsp3) is 1.00. The van der Waals surface area contributed by atoms with E-state index < -0.39 is 48.5 Å². The summed E-state index contributed by atoms with van der Waals surface area (Å²) < 4.78 is 3.60. The Balaban J connectivity index is 0. The van der Waals surface area contributed by atoms with E-state index in [1.54, 1.807) is 0 Å². The summed E-state index contributed by atoms with van der Waals surface area (Å²) >= 11 is 0. The van der Waals surface area contributed by atoms with Gasteiger partial charge in [0, 0.05) is 0 Å². The maximum Gasteiger partial charge on any atom is 0.334 e. The first kappa shape index (κ1) is 22.8. The van der Waals surface area contributed by atoms with E-state index in [0.29, 0.717) is 6.42 Å². The lowest BCUT2D eigenvalue weighted by atomic mass is 9.82. The smallest absolute Gasteiger partial charge is 0.334 e. The van der Waals surface area contributed by atoms with Crippen molar-refractivity contribution in [1.82, 2.24) is 0 Å². The Morgan fingerprint density at radius 2 is 1.35 bits per heavy atom. The van der Waals surface area contributed by atoms with Crippen LogP contribution in [0.3, 0.4) is 0 Å². The van der Waals surface area contributed by atoms with Crippen molar-refractivity contribution in [2.75, 3.05) is 19.8 Å². The number of rotatable bonds is 9. The largest absolute Gasteiger partial charge is 0.396 e. The molecule has 0 saturated heterocycles. The van der Waals surface area contributed by atoms with Crippen molar-refractivity contribution < 1.29 is 44.3 Å². The van der Waals surface area contributed by atoms with E-state index in [-0.39, 0.29) is 0 Å². The first-order chi connectivity index (χ1) is 9.29. The highest BCUT2D eigenvalue weighted by molar-refractivity contribution is 7.53. The average molecular weight is 338 g/mol. The van der Waals surface area contributed by atoms with E-state index in [1.807, 2.05) is 6.92 Å². The second kappa shape index (κ2) is 13.2. The molecule has 11 heteroatoms. The summed E-state index contributed by atoms with van der Waals surface area (Å²) in [5.74, 6) is 0. The molecule has 1 atom stereocenters. The molecule has 0 aromatic rings. The molecule has 20 heavy (non-hydrogen) atoms. The summed E-state index contributed by atoms with van der Waals surface area (Å²) in [6.45, 7) is 0.797. The van der Waals surface area contributed by atoms with Gasteiger partial charge < -0.3 is 40.0 Å². The van der Waals surface area contributed by atoms with Gasteiger partial charge in [-0.25, -0.2) is 4.31 Å². The van der Waals surface area contributed by atoms with Crippen LogP contribution < -0.4 is 0 Å². The normalized spacial score (nSPS) is 13.3. The van der Waals surface area contributed by atoms with Crippen LogP contribution in [0.25, 0.3) is 0 Å². The molecule has 8 N–H and O–H groups in total. The van der Waals surface area contributed by atoms with Crippen LogP contribution in [-0.4, -0.2) is 65.9 Å². The van der Waals surface area contributed by atoms with E-state index in [0.717, 1.165) is 12.8 Å². The highest BCUT2D eigenvalue weighted by Crippen LogP contribution is 2.41. The lowest BCUT2D eigenvalue weighted by Crippen LogP contribution is -2.45. The molecule has 0 aromatic heterocycles. The minimum atomic E-state index is -2.61. The van der Waals surface area contributed by atoms with E-state index in [4.69, 9.17) is 34.9 Å². The minimum Gasteiger partial charge on any atom is -0.396 e. The number of unbranched alkanes of at least 4 members (excludes halogenated alkanes) is 1. The number of aliphatic hydroxyl groups is 4. The fourth-order valence-electron chi connectivity index (χ4n) is 1.24. The molecule has 0 amide bonds. The first-order valence-electron chi connectivity index (χ1n) is 5.84. The maximum absolute atomic E-state index is 9.61. The molecule has 0 aliphatic carbocycles. The number of hydrogen-bond acceptors (Lipinski definition) is 9. The Morgan fingerprint density at radius 3 is 1.55 bits per heavy atom. The van der Waals surface area contributed by atoms with Crippen LogP contribution in [0.1, 0.15) is 26.2 Å². The summed E-state index contributed by atoms with van der Waals surface area (Å²) in [5, 5.41) is 36.5. The topological polar surface area (TPSA) is 171 Å². The third kappa shape index (κ3) is 10.3. The van der Waals surface area contributed by atoms with Crippen molar-refractivity contribution in [3.05, 3.63) is 0 Å². The van der Waals surface area contributed by atoms with Crippen LogP contribution in [0.5, 0.6) is 0 Å². The van der Waals surface area contributed by atoms with Gasteiger partial charge in [0.15, 0.2) is 0 Å². The maximum atomic E-state index is 9.61. The molecule has 0 aliphatic heterocycles. The van der Waals surface area contributed by atoms with Crippen molar-refractivity contribution in [2.24, 2.45) is 5.41 Å². The van der Waals surface area contributed by atoms with Gasteiger partial charge in [-0.15, -0.1) is 0 Å². The molecule has 0 radical (unpaired) electrons. The summed E-state index contributed by atoms with van der Waals surface area (Å²) in [6.07, 6.45) is 1.42. The van der Waals surface area contributed by atoms with Gasteiger partial charge in [0.25, 0.3) is 0 Å². The molecule has 9 nitrogen and oxygen atoms in total. The Kier molecular flexibility index (Phi) is 15.0. The molecule has 0 heterocycles. The van der Waals surface area contributed by atoms with E-state index in [2.05, 4.69) is 4.31 Å². The molecule has 1 unspecified atom stereocenters. The zero-order chi connectivity index (χ0) is 16.2. The highest BCUT2D eigenvalue weighted by atomic mass is 31.2. The third-order valence-corrected chi connectivity index (χ3v) is 3.80. The van der Waals surface area contributed by atoms with Gasteiger partial charge in [-0.2, -0.15) is 0 Å². The Morgan fingerprint density at radius 1 is 0.950 bits per heavy atom. The molecule has 0 aliphatic rings. The van der Waals surface area contributed by atoms with Crippen molar-refractivity contribution >= 4 is 17.2 Å². The van der Waals surface area contributed by atoms with Crippen LogP contribution in [0.15, 0.2) is 0 Å². The van der Waals surface area contributed by atoms with Crippen LogP contribution in [0.2, 0.25) is 0 Å². The Hall–Kier alpha value is 0.500. The first-order valence-corrected chi connectivity index (χ1v) is 8.17. The van der Waals surface area contributed by atoms with Crippen molar-refractivity contribution in [1.29, 1.82) is 0 Å².